The molecule has 0 N–H and O–H groups in total. The number of nitriles is 1. The molecule has 1 aromatic heterocycles. The molecule has 0 unspecified atom stereocenters. The van der Waals surface area contributed by atoms with Crippen molar-refractivity contribution in [2.45, 2.75) is 12.8 Å². The summed E-state index contributed by atoms with van der Waals surface area (Å²) in [5, 5.41) is 8.77. The Morgan fingerprint density at radius 2 is 2.35 bits per heavy atom. The second-order valence-corrected chi connectivity index (χ2v) is 3.82. The van der Waals surface area contributed by atoms with Gasteiger partial charge < -0.3 is 4.74 Å². The van der Waals surface area contributed by atoms with Crippen LogP contribution >= 0.6 is 15.9 Å². The molecular weight excluding hydrogens is 298 g/mol. The molecule has 0 aliphatic carbocycles. The average Bonchev–Trinajstić information content (AvgIpc) is 2.30. The fourth-order valence-electron chi connectivity index (χ4n) is 1.14. The van der Waals surface area contributed by atoms with E-state index in [1.54, 1.807) is 6.07 Å². The average molecular weight is 305 g/mol. The highest BCUT2D eigenvalue weighted by Gasteiger charge is 2.19. The van der Waals surface area contributed by atoms with E-state index in [1.165, 1.54) is 13.2 Å². The van der Waals surface area contributed by atoms with E-state index in [0.29, 0.717) is 0 Å². The molecule has 90 valence electrons. The monoisotopic (exact) mass is 304 g/mol. The minimum absolute atomic E-state index is 0.00852. The van der Waals surface area contributed by atoms with Gasteiger partial charge in [0, 0.05) is 0 Å². The van der Waals surface area contributed by atoms with E-state index in [-0.39, 0.29) is 22.2 Å². The van der Waals surface area contributed by atoms with Crippen LogP contribution in [0, 0.1) is 11.3 Å². The quantitative estimate of drug-likeness (QED) is 0.804. The van der Waals surface area contributed by atoms with Gasteiger partial charge in [-0.1, -0.05) is 0 Å². The van der Waals surface area contributed by atoms with Crippen molar-refractivity contribution in [2.24, 2.45) is 0 Å². The van der Waals surface area contributed by atoms with Gasteiger partial charge in [0.15, 0.2) is 0 Å². The number of alkyl halides is 2. The molecule has 0 bridgehead atoms. The lowest BCUT2D eigenvalue weighted by Crippen LogP contribution is -2.08. The van der Waals surface area contributed by atoms with Crippen LogP contribution in [0.25, 0.3) is 0 Å². The normalized spacial score (nSPS) is 10.1. The number of carbonyl (C=O) groups excluding carboxylic acids is 1. The zero-order chi connectivity index (χ0) is 13.0. The molecule has 0 aliphatic heterocycles. The molecule has 0 atom stereocenters. The lowest BCUT2D eigenvalue weighted by molar-refractivity contribution is -0.139. The molecule has 0 spiro atoms. The minimum atomic E-state index is -2.82. The van der Waals surface area contributed by atoms with Gasteiger partial charge in [-0.05, 0) is 22.0 Å². The molecule has 0 saturated carbocycles. The topological polar surface area (TPSA) is 63.0 Å². The van der Waals surface area contributed by atoms with Gasteiger partial charge in [0.25, 0.3) is 6.43 Å². The zero-order valence-electron chi connectivity index (χ0n) is 8.71. The van der Waals surface area contributed by atoms with E-state index >= 15 is 0 Å². The Hall–Kier alpha value is -1.55. The third-order valence-corrected chi connectivity index (χ3v) is 2.75. The first-order valence-electron chi connectivity index (χ1n) is 4.44. The maximum absolute atomic E-state index is 12.6. The van der Waals surface area contributed by atoms with E-state index in [9.17, 15) is 13.6 Å². The van der Waals surface area contributed by atoms with Crippen LogP contribution < -0.4 is 0 Å². The summed E-state index contributed by atoms with van der Waals surface area (Å²) in [5.74, 6) is -0.607. The number of halogens is 3. The number of hydrogen-bond acceptors (Lipinski definition) is 4. The smallest absolute Gasteiger partial charge is 0.311 e. The lowest BCUT2D eigenvalue weighted by atomic mass is 10.1. The van der Waals surface area contributed by atoms with Crippen molar-refractivity contribution < 1.29 is 18.3 Å². The van der Waals surface area contributed by atoms with Crippen molar-refractivity contribution >= 4 is 21.9 Å². The molecule has 0 amide bonds. The number of nitrogens with zero attached hydrogens (tertiary/aromatic N) is 2. The number of ether oxygens (including phenoxy) is 1. The Morgan fingerprint density at radius 1 is 1.71 bits per heavy atom. The SMILES string of the molecule is COC(=O)Cc1cc(C#N)c(Br)c(C(F)F)n1. The van der Waals surface area contributed by atoms with Crippen LogP contribution in [-0.2, 0) is 16.0 Å². The summed E-state index contributed by atoms with van der Waals surface area (Å²) in [7, 11) is 1.18. The number of esters is 1. The molecular formula is C10H7BrF2N2O2. The molecule has 1 heterocycles. The number of methoxy groups -OCH3 is 1. The van der Waals surface area contributed by atoms with Crippen LogP contribution in [0.2, 0.25) is 0 Å². The third-order valence-electron chi connectivity index (χ3n) is 1.92. The zero-order valence-corrected chi connectivity index (χ0v) is 10.3. The Balaban J connectivity index is 3.21. The first-order chi connectivity index (χ1) is 7.99. The van der Waals surface area contributed by atoms with E-state index in [0.717, 1.165) is 0 Å². The Bertz CT molecular complexity index is 486. The molecule has 1 rings (SSSR count). The van der Waals surface area contributed by atoms with Crippen molar-refractivity contribution in [1.82, 2.24) is 4.98 Å². The van der Waals surface area contributed by atoms with Crippen LogP contribution in [0.4, 0.5) is 8.78 Å². The molecule has 1 aromatic rings. The van der Waals surface area contributed by atoms with Crippen LogP contribution in [0.5, 0.6) is 0 Å². The van der Waals surface area contributed by atoms with Crippen molar-refractivity contribution in [3.63, 3.8) is 0 Å². The third kappa shape index (κ3) is 3.20. The number of pyridine rings is 1. The minimum Gasteiger partial charge on any atom is -0.469 e. The van der Waals surface area contributed by atoms with Crippen LogP contribution in [0.15, 0.2) is 10.5 Å². The summed E-state index contributed by atoms with van der Waals surface area (Å²) in [6, 6.07) is 3.02. The summed E-state index contributed by atoms with van der Waals surface area (Å²) in [5.41, 5.74) is -0.468. The van der Waals surface area contributed by atoms with Gasteiger partial charge in [0.05, 0.1) is 29.3 Å². The highest BCUT2D eigenvalue weighted by molar-refractivity contribution is 9.10. The van der Waals surface area contributed by atoms with Crippen molar-refractivity contribution in [2.75, 3.05) is 7.11 Å². The molecule has 17 heavy (non-hydrogen) atoms. The molecule has 0 aliphatic rings. The molecule has 0 radical (unpaired) electrons. The molecule has 7 heteroatoms. The summed E-state index contributed by atoms with van der Waals surface area (Å²) < 4.78 is 29.6. The van der Waals surface area contributed by atoms with E-state index in [4.69, 9.17) is 5.26 Å². The Morgan fingerprint density at radius 3 is 2.82 bits per heavy atom. The largest absolute Gasteiger partial charge is 0.469 e. The summed E-state index contributed by atoms with van der Waals surface area (Å²) in [4.78, 5) is 14.6. The number of aromatic nitrogens is 1. The highest BCUT2D eigenvalue weighted by atomic mass is 79.9. The summed E-state index contributed by atoms with van der Waals surface area (Å²) in [6.45, 7) is 0. The van der Waals surface area contributed by atoms with E-state index in [2.05, 4.69) is 25.7 Å². The van der Waals surface area contributed by atoms with Gasteiger partial charge in [0.1, 0.15) is 11.8 Å². The predicted molar refractivity (Wildman–Crippen MR) is 57.3 cm³/mol. The van der Waals surface area contributed by atoms with Gasteiger partial charge in [-0.25, -0.2) is 13.8 Å². The Kier molecular flexibility index (Phi) is 4.52. The van der Waals surface area contributed by atoms with Gasteiger partial charge >= 0.3 is 5.97 Å². The number of carbonyl (C=O) groups is 1. The fraction of sp³-hybridized carbons (Fsp3) is 0.300. The van der Waals surface area contributed by atoms with Crippen molar-refractivity contribution in [1.29, 1.82) is 5.26 Å². The van der Waals surface area contributed by atoms with Crippen LogP contribution in [0.3, 0.4) is 0 Å². The lowest BCUT2D eigenvalue weighted by Gasteiger charge is -2.07. The summed E-state index contributed by atoms with van der Waals surface area (Å²) in [6.07, 6.45) is -3.08. The maximum Gasteiger partial charge on any atom is 0.311 e. The molecule has 0 aromatic carbocycles. The molecule has 0 fully saturated rings. The van der Waals surface area contributed by atoms with E-state index < -0.39 is 18.1 Å². The second-order valence-electron chi connectivity index (χ2n) is 3.03. The molecule has 4 nitrogen and oxygen atoms in total. The van der Waals surface area contributed by atoms with Crippen LogP contribution in [0.1, 0.15) is 23.4 Å². The maximum atomic E-state index is 12.6. The van der Waals surface area contributed by atoms with Gasteiger partial charge in [-0.15, -0.1) is 0 Å². The van der Waals surface area contributed by atoms with Crippen molar-refractivity contribution in [3.8, 4) is 6.07 Å². The first kappa shape index (κ1) is 13.5. The number of rotatable bonds is 3. The predicted octanol–water partition coefficient (Wildman–Crippen LogP) is 2.37. The summed E-state index contributed by atoms with van der Waals surface area (Å²) >= 11 is 2.88. The number of hydrogen-bond donors (Lipinski definition) is 0. The van der Waals surface area contributed by atoms with E-state index in [1.807, 2.05) is 0 Å². The fourth-order valence-corrected chi connectivity index (χ4v) is 1.61. The second kappa shape index (κ2) is 5.68. The molecule has 0 saturated heterocycles. The van der Waals surface area contributed by atoms with Crippen LogP contribution in [-0.4, -0.2) is 18.1 Å². The van der Waals surface area contributed by atoms with Gasteiger partial charge in [0.2, 0.25) is 0 Å². The highest BCUT2D eigenvalue weighted by Crippen LogP contribution is 2.28. The Labute approximate surface area is 104 Å². The first-order valence-corrected chi connectivity index (χ1v) is 5.23. The van der Waals surface area contributed by atoms with Gasteiger partial charge in [-0.2, -0.15) is 5.26 Å². The van der Waals surface area contributed by atoms with Crippen molar-refractivity contribution in [3.05, 3.63) is 27.5 Å². The van der Waals surface area contributed by atoms with Gasteiger partial charge in [-0.3, -0.25) is 4.79 Å². The standard InChI is InChI=1S/C10H7BrF2N2O2/c1-17-7(16)3-6-2-5(4-14)8(11)9(15-6)10(12)13/h2,10H,3H2,1H3.